The maximum absolute atomic E-state index is 12.2. The first-order valence-corrected chi connectivity index (χ1v) is 7.89. The summed E-state index contributed by atoms with van der Waals surface area (Å²) in [4.78, 5) is 23.7. The number of methoxy groups -OCH3 is 2. The summed E-state index contributed by atoms with van der Waals surface area (Å²) in [6.07, 6.45) is 0. The van der Waals surface area contributed by atoms with Crippen molar-refractivity contribution in [1.82, 2.24) is 5.32 Å². The fourth-order valence-electron chi connectivity index (χ4n) is 2.45. The Morgan fingerprint density at radius 1 is 1.08 bits per heavy atom. The van der Waals surface area contributed by atoms with Crippen LogP contribution in [0.4, 0.5) is 5.69 Å². The lowest BCUT2D eigenvalue weighted by atomic mass is 10.1. The third kappa shape index (κ3) is 4.97. The van der Waals surface area contributed by atoms with Crippen molar-refractivity contribution in [2.45, 2.75) is 13.0 Å². The maximum Gasteiger partial charge on any atom is 0.337 e. The van der Waals surface area contributed by atoms with E-state index in [9.17, 15) is 9.59 Å². The molecule has 0 spiro atoms. The Hall–Kier alpha value is -3.02. The van der Waals surface area contributed by atoms with Crippen LogP contribution in [0.3, 0.4) is 0 Å². The number of carbonyl (C=O) groups is 2. The summed E-state index contributed by atoms with van der Waals surface area (Å²) in [6.45, 7) is 1.98. The normalized spacial score (nSPS) is 11.3. The van der Waals surface area contributed by atoms with Crippen LogP contribution in [0.1, 0.15) is 28.9 Å². The minimum Gasteiger partial charge on any atom is -0.496 e. The van der Waals surface area contributed by atoms with E-state index in [2.05, 4.69) is 15.4 Å². The molecular weight excluding hydrogens is 320 g/mol. The molecule has 2 aromatic rings. The van der Waals surface area contributed by atoms with Crippen LogP contribution in [0.5, 0.6) is 5.75 Å². The molecule has 1 unspecified atom stereocenters. The topological polar surface area (TPSA) is 76.7 Å². The van der Waals surface area contributed by atoms with Crippen LogP contribution < -0.4 is 15.4 Å². The molecule has 1 amide bonds. The summed E-state index contributed by atoms with van der Waals surface area (Å²) < 4.78 is 10.00. The first-order valence-electron chi connectivity index (χ1n) is 7.89. The summed E-state index contributed by atoms with van der Waals surface area (Å²) in [5.41, 5.74) is 2.00. The van der Waals surface area contributed by atoms with E-state index in [-0.39, 0.29) is 18.5 Å². The zero-order chi connectivity index (χ0) is 18.2. The number of anilines is 1. The lowest BCUT2D eigenvalue weighted by molar-refractivity contribution is -0.120. The fraction of sp³-hybridized carbons (Fsp3) is 0.263. The van der Waals surface area contributed by atoms with Crippen molar-refractivity contribution in [3.63, 3.8) is 0 Å². The number of para-hydroxylation sites is 1. The van der Waals surface area contributed by atoms with Crippen molar-refractivity contribution >= 4 is 17.6 Å². The Balaban J connectivity index is 1.93. The van der Waals surface area contributed by atoms with E-state index in [1.54, 1.807) is 31.4 Å². The molecule has 0 aromatic heterocycles. The van der Waals surface area contributed by atoms with Gasteiger partial charge in [-0.3, -0.25) is 4.79 Å². The molecule has 2 N–H and O–H groups in total. The van der Waals surface area contributed by atoms with Gasteiger partial charge in [0.2, 0.25) is 5.91 Å². The molecule has 0 saturated carbocycles. The number of hydrogen-bond donors (Lipinski definition) is 2. The van der Waals surface area contributed by atoms with Gasteiger partial charge in [0.25, 0.3) is 0 Å². The van der Waals surface area contributed by atoms with Gasteiger partial charge in [-0.05, 0) is 31.2 Å². The van der Waals surface area contributed by atoms with Gasteiger partial charge in [-0.25, -0.2) is 4.79 Å². The van der Waals surface area contributed by atoms with Crippen LogP contribution in [0.15, 0.2) is 48.5 Å². The second-order valence-corrected chi connectivity index (χ2v) is 5.46. The molecule has 0 bridgehead atoms. The highest BCUT2D eigenvalue weighted by Crippen LogP contribution is 2.24. The van der Waals surface area contributed by atoms with Crippen LogP contribution in [0.2, 0.25) is 0 Å². The summed E-state index contributed by atoms with van der Waals surface area (Å²) in [7, 11) is 2.93. The molecule has 0 saturated heterocycles. The van der Waals surface area contributed by atoms with Crippen molar-refractivity contribution in [2.24, 2.45) is 0 Å². The highest BCUT2D eigenvalue weighted by atomic mass is 16.5. The van der Waals surface area contributed by atoms with Gasteiger partial charge in [-0.15, -0.1) is 0 Å². The Labute approximate surface area is 147 Å². The number of ether oxygens (including phenoxy) is 2. The van der Waals surface area contributed by atoms with Crippen molar-refractivity contribution in [2.75, 3.05) is 26.1 Å². The molecular formula is C19H22N2O4. The molecule has 2 rings (SSSR count). The Morgan fingerprint density at radius 2 is 1.84 bits per heavy atom. The molecule has 0 aliphatic carbocycles. The molecule has 6 heteroatoms. The highest BCUT2D eigenvalue weighted by molar-refractivity contribution is 5.90. The number of esters is 1. The average Bonchev–Trinajstić information content (AvgIpc) is 2.65. The van der Waals surface area contributed by atoms with Crippen LogP contribution in [0.25, 0.3) is 0 Å². The summed E-state index contributed by atoms with van der Waals surface area (Å²) in [5, 5.41) is 5.91. The molecule has 0 fully saturated rings. The van der Waals surface area contributed by atoms with Crippen LogP contribution in [-0.2, 0) is 9.53 Å². The third-order valence-electron chi connectivity index (χ3n) is 3.72. The lowest BCUT2D eigenvalue weighted by Gasteiger charge is -2.17. The number of benzene rings is 2. The Kier molecular flexibility index (Phi) is 6.39. The quantitative estimate of drug-likeness (QED) is 0.757. The van der Waals surface area contributed by atoms with Gasteiger partial charge in [0.15, 0.2) is 0 Å². The van der Waals surface area contributed by atoms with E-state index in [1.807, 2.05) is 31.2 Å². The highest BCUT2D eigenvalue weighted by Gasteiger charge is 2.13. The van der Waals surface area contributed by atoms with E-state index < -0.39 is 5.97 Å². The smallest absolute Gasteiger partial charge is 0.337 e. The van der Waals surface area contributed by atoms with Gasteiger partial charge < -0.3 is 20.1 Å². The fourth-order valence-corrected chi connectivity index (χ4v) is 2.45. The minimum absolute atomic E-state index is 0.0874. The zero-order valence-corrected chi connectivity index (χ0v) is 14.5. The first-order chi connectivity index (χ1) is 12.0. The zero-order valence-electron chi connectivity index (χ0n) is 14.5. The minimum atomic E-state index is -0.419. The molecule has 1 atom stereocenters. The van der Waals surface area contributed by atoms with E-state index in [0.29, 0.717) is 11.3 Å². The average molecular weight is 342 g/mol. The third-order valence-corrected chi connectivity index (χ3v) is 3.72. The summed E-state index contributed by atoms with van der Waals surface area (Å²) in [6, 6.07) is 14.2. The SMILES string of the molecule is COC(=O)c1cccc(NCC(=O)NC(C)c2ccccc2OC)c1. The largest absolute Gasteiger partial charge is 0.496 e. The maximum atomic E-state index is 12.2. The second-order valence-electron chi connectivity index (χ2n) is 5.46. The molecule has 0 aliphatic rings. The van der Waals surface area contributed by atoms with Gasteiger partial charge in [0.05, 0.1) is 32.4 Å². The number of nitrogens with one attached hydrogen (secondary N) is 2. The summed E-state index contributed by atoms with van der Waals surface area (Å²) >= 11 is 0. The Morgan fingerprint density at radius 3 is 2.56 bits per heavy atom. The monoisotopic (exact) mass is 342 g/mol. The van der Waals surface area contributed by atoms with Crippen molar-refractivity contribution in [3.8, 4) is 5.75 Å². The molecule has 0 radical (unpaired) electrons. The van der Waals surface area contributed by atoms with Gasteiger partial charge in [-0.1, -0.05) is 24.3 Å². The van der Waals surface area contributed by atoms with Gasteiger partial charge >= 0.3 is 5.97 Å². The van der Waals surface area contributed by atoms with Crippen LogP contribution in [-0.4, -0.2) is 32.6 Å². The lowest BCUT2D eigenvalue weighted by Crippen LogP contribution is -2.32. The van der Waals surface area contributed by atoms with Gasteiger partial charge in [0, 0.05) is 11.3 Å². The summed E-state index contributed by atoms with van der Waals surface area (Å²) in [5.74, 6) is 0.147. The van der Waals surface area contributed by atoms with E-state index >= 15 is 0 Å². The van der Waals surface area contributed by atoms with Gasteiger partial charge in [0.1, 0.15) is 5.75 Å². The molecule has 0 aliphatic heterocycles. The van der Waals surface area contributed by atoms with Gasteiger partial charge in [-0.2, -0.15) is 0 Å². The van der Waals surface area contributed by atoms with Crippen LogP contribution in [0, 0.1) is 0 Å². The number of hydrogen-bond acceptors (Lipinski definition) is 5. The first kappa shape index (κ1) is 18.3. The second kappa shape index (κ2) is 8.73. The molecule has 25 heavy (non-hydrogen) atoms. The number of carbonyl (C=O) groups excluding carboxylic acids is 2. The van der Waals surface area contributed by atoms with E-state index in [4.69, 9.17) is 4.74 Å². The Bertz CT molecular complexity index is 746. The van der Waals surface area contributed by atoms with E-state index in [1.165, 1.54) is 7.11 Å². The predicted molar refractivity (Wildman–Crippen MR) is 95.8 cm³/mol. The standard InChI is InChI=1S/C19H22N2O4/c1-13(16-9-4-5-10-17(16)24-2)21-18(22)12-20-15-8-6-7-14(11-15)19(23)25-3/h4-11,13,20H,12H2,1-3H3,(H,21,22). The van der Waals surface area contributed by atoms with Crippen molar-refractivity contribution < 1.29 is 19.1 Å². The van der Waals surface area contributed by atoms with Crippen molar-refractivity contribution in [3.05, 3.63) is 59.7 Å². The number of rotatable bonds is 7. The number of amides is 1. The molecule has 0 heterocycles. The predicted octanol–water partition coefficient (Wildman–Crippen LogP) is 2.77. The van der Waals surface area contributed by atoms with E-state index in [0.717, 1.165) is 11.3 Å². The molecule has 2 aromatic carbocycles. The van der Waals surface area contributed by atoms with Crippen LogP contribution >= 0.6 is 0 Å². The van der Waals surface area contributed by atoms with Crippen molar-refractivity contribution in [1.29, 1.82) is 0 Å². The molecule has 6 nitrogen and oxygen atoms in total. The molecule has 132 valence electrons.